The molecular weight excluding hydrogens is 228 g/mol. The Bertz CT molecular complexity index is 267. The van der Waals surface area contributed by atoms with E-state index in [1.807, 2.05) is 13.8 Å². The topological polar surface area (TPSA) is 52.6 Å². The Morgan fingerprint density at radius 3 is 2.11 bits per heavy atom. The van der Waals surface area contributed by atoms with Crippen LogP contribution in [0.1, 0.15) is 48.0 Å². The molecule has 0 heterocycles. The first-order valence-electron chi connectivity index (χ1n) is 6.79. The first-order valence-corrected chi connectivity index (χ1v) is 6.79. The number of carbonyl (C=O) groups is 1. The van der Waals surface area contributed by atoms with Gasteiger partial charge in [0.1, 0.15) is 5.54 Å². The number of nitrogens with one attached hydrogen (secondary N) is 1. The summed E-state index contributed by atoms with van der Waals surface area (Å²) in [6.07, 6.45) is 0.601. The molecule has 0 aliphatic carbocycles. The van der Waals surface area contributed by atoms with Crippen molar-refractivity contribution in [2.45, 2.75) is 65.6 Å². The molecular formula is C14H30N2O2. The van der Waals surface area contributed by atoms with Crippen molar-refractivity contribution in [2.24, 2.45) is 5.92 Å². The summed E-state index contributed by atoms with van der Waals surface area (Å²) in [6.45, 7) is 13.1. The average molecular weight is 258 g/mol. The fourth-order valence-electron chi connectivity index (χ4n) is 2.35. The molecule has 4 heteroatoms. The molecule has 0 aromatic carbocycles. The summed E-state index contributed by atoms with van der Waals surface area (Å²) in [5, 5.41) is 12.6. The van der Waals surface area contributed by atoms with E-state index in [0.29, 0.717) is 12.3 Å². The Hall–Kier alpha value is -0.610. The summed E-state index contributed by atoms with van der Waals surface area (Å²) in [5.41, 5.74) is -0.862. The summed E-state index contributed by atoms with van der Waals surface area (Å²) in [5.74, 6) is -0.187. The molecule has 0 bridgehead atoms. The van der Waals surface area contributed by atoms with Crippen LogP contribution in [0.4, 0.5) is 0 Å². The molecule has 0 saturated heterocycles. The maximum Gasteiger partial charge on any atom is 0.323 e. The van der Waals surface area contributed by atoms with E-state index in [0.717, 1.165) is 6.54 Å². The van der Waals surface area contributed by atoms with Crippen LogP contribution in [0.3, 0.4) is 0 Å². The normalized spacial score (nSPS) is 17.2. The van der Waals surface area contributed by atoms with Crippen molar-refractivity contribution in [3.8, 4) is 0 Å². The van der Waals surface area contributed by atoms with Crippen LogP contribution >= 0.6 is 0 Å². The minimum atomic E-state index is -0.862. The highest BCUT2D eigenvalue weighted by molar-refractivity contribution is 5.78. The van der Waals surface area contributed by atoms with Gasteiger partial charge in [-0.1, -0.05) is 13.8 Å². The lowest BCUT2D eigenvalue weighted by Gasteiger charge is -2.35. The van der Waals surface area contributed by atoms with Crippen LogP contribution in [0.5, 0.6) is 0 Å². The third-order valence-corrected chi connectivity index (χ3v) is 3.19. The van der Waals surface area contributed by atoms with Gasteiger partial charge in [-0.3, -0.25) is 10.1 Å². The number of rotatable bonds is 8. The quantitative estimate of drug-likeness (QED) is 0.701. The summed E-state index contributed by atoms with van der Waals surface area (Å²) >= 11 is 0. The second-order valence-electron chi connectivity index (χ2n) is 6.32. The van der Waals surface area contributed by atoms with Crippen molar-refractivity contribution in [1.82, 2.24) is 10.2 Å². The van der Waals surface area contributed by atoms with E-state index in [2.05, 4.69) is 38.0 Å². The molecule has 2 atom stereocenters. The molecule has 0 rings (SSSR count). The van der Waals surface area contributed by atoms with Gasteiger partial charge in [0.2, 0.25) is 0 Å². The van der Waals surface area contributed by atoms with E-state index in [4.69, 9.17) is 0 Å². The number of hydrogen-bond acceptors (Lipinski definition) is 3. The highest BCUT2D eigenvalue weighted by Gasteiger charge is 2.35. The van der Waals surface area contributed by atoms with Gasteiger partial charge < -0.3 is 10.0 Å². The number of carboxylic acid groups (broad SMARTS) is 1. The molecule has 18 heavy (non-hydrogen) atoms. The lowest BCUT2D eigenvalue weighted by molar-refractivity contribution is -0.145. The van der Waals surface area contributed by atoms with Gasteiger partial charge in [0.25, 0.3) is 0 Å². The van der Waals surface area contributed by atoms with E-state index in [1.54, 1.807) is 6.92 Å². The zero-order valence-corrected chi connectivity index (χ0v) is 12.9. The zero-order chi connectivity index (χ0) is 14.5. The third-order valence-electron chi connectivity index (χ3n) is 3.19. The number of carboxylic acids is 1. The lowest BCUT2D eigenvalue weighted by atomic mass is 9.92. The maximum absolute atomic E-state index is 11.5. The van der Waals surface area contributed by atoms with Gasteiger partial charge in [0, 0.05) is 18.6 Å². The Morgan fingerprint density at radius 1 is 1.28 bits per heavy atom. The molecule has 0 aliphatic heterocycles. The first kappa shape index (κ1) is 17.4. The minimum Gasteiger partial charge on any atom is -0.480 e. The molecule has 0 amide bonds. The van der Waals surface area contributed by atoms with Gasteiger partial charge in [0.15, 0.2) is 0 Å². The van der Waals surface area contributed by atoms with E-state index in [-0.39, 0.29) is 12.1 Å². The third kappa shape index (κ3) is 5.83. The van der Waals surface area contributed by atoms with Gasteiger partial charge in [-0.25, -0.2) is 0 Å². The van der Waals surface area contributed by atoms with E-state index in [1.165, 1.54) is 0 Å². The van der Waals surface area contributed by atoms with Gasteiger partial charge in [0.05, 0.1) is 0 Å². The van der Waals surface area contributed by atoms with Crippen LogP contribution in [-0.2, 0) is 4.79 Å². The van der Waals surface area contributed by atoms with Crippen LogP contribution in [0.2, 0.25) is 0 Å². The van der Waals surface area contributed by atoms with Crippen molar-refractivity contribution in [2.75, 3.05) is 13.6 Å². The van der Waals surface area contributed by atoms with Crippen LogP contribution < -0.4 is 5.32 Å². The molecule has 0 saturated carbocycles. The van der Waals surface area contributed by atoms with Crippen LogP contribution in [0, 0.1) is 5.92 Å². The smallest absolute Gasteiger partial charge is 0.323 e. The van der Waals surface area contributed by atoms with Crippen molar-refractivity contribution < 1.29 is 9.90 Å². The van der Waals surface area contributed by atoms with Crippen molar-refractivity contribution in [3.05, 3.63) is 0 Å². The fourth-order valence-corrected chi connectivity index (χ4v) is 2.35. The van der Waals surface area contributed by atoms with Crippen LogP contribution in [-0.4, -0.2) is 47.2 Å². The SMILES string of the molecule is CC(C)CN(C)C(C)CC(C)(NC(C)C)C(=O)O. The summed E-state index contributed by atoms with van der Waals surface area (Å²) in [4.78, 5) is 13.7. The number of nitrogens with zero attached hydrogens (tertiary/aromatic N) is 1. The largest absolute Gasteiger partial charge is 0.480 e. The molecule has 0 aromatic rings. The number of aliphatic carboxylic acids is 1. The zero-order valence-electron chi connectivity index (χ0n) is 12.9. The Labute approximate surface area is 112 Å². The van der Waals surface area contributed by atoms with Gasteiger partial charge >= 0.3 is 5.97 Å². The van der Waals surface area contributed by atoms with Gasteiger partial charge in [-0.15, -0.1) is 0 Å². The highest BCUT2D eigenvalue weighted by Crippen LogP contribution is 2.18. The predicted molar refractivity (Wildman–Crippen MR) is 75.9 cm³/mol. The molecule has 0 spiro atoms. The molecule has 0 aliphatic rings. The monoisotopic (exact) mass is 258 g/mol. The van der Waals surface area contributed by atoms with Crippen LogP contribution in [0.15, 0.2) is 0 Å². The maximum atomic E-state index is 11.5. The second-order valence-corrected chi connectivity index (χ2v) is 6.32. The molecule has 2 unspecified atom stereocenters. The lowest BCUT2D eigenvalue weighted by Crippen LogP contribution is -2.55. The average Bonchev–Trinajstić information content (AvgIpc) is 2.14. The minimum absolute atomic E-state index is 0.161. The molecule has 4 nitrogen and oxygen atoms in total. The molecule has 2 N–H and O–H groups in total. The predicted octanol–water partition coefficient (Wildman–Crippen LogP) is 2.19. The van der Waals surface area contributed by atoms with Crippen molar-refractivity contribution >= 4 is 5.97 Å². The van der Waals surface area contributed by atoms with Gasteiger partial charge in [-0.05, 0) is 47.1 Å². The Morgan fingerprint density at radius 2 is 1.78 bits per heavy atom. The molecule has 0 fully saturated rings. The summed E-state index contributed by atoms with van der Waals surface area (Å²) < 4.78 is 0. The molecule has 0 radical (unpaired) electrons. The van der Waals surface area contributed by atoms with Crippen molar-refractivity contribution in [3.63, 3.8) is 0 Å². The van der Waals surface area contributed by atoms with E-state index >= 15 is 0 Å². The fraction of sp³-hybridized carbons (Fsp3) is 0.929. The first-order chi connectivity index (χ1) is 8.08. The Kier molecular flexibility index (Phi) is 6.86. The molecule has 0 aromatic heterocycles. The summed E-state index contributed by atoms with van der Waals surface area (Å²) in [6, 6.07) is 0.397. The van der Waals surface area contributed by atoms with Crippen LogP contribution in [0.25, 0.3) is 0 Å². The summed E-state index contributed by atoms with van der Waals surface area (Å²) in [7, 11) is 2.06. The van der Waals surface area contributed by atoms with E-state index < -0.39 is 11.5 Å². The van der Waals surface area contributed by atoms with Crippen molar-refractivity contribution in [1.29, 1.82) is 0 Å². The standard InChI is InChI=1S/C14H30N2O2/c1-10(2)9-16(7)12(5)8-14(6,13(17)18)15-11(3)4/h10-12,15H,8-9H2,1-7H3,(H,17,18). The highest BCUT2D eigenvalue weighted by atomic mass is 16.4. The molecule has 108 valence electrons. The number of hydrogen-bond donors (Lipinski definition) is 2. The van der Waals surface area contributed by atoms with E-state index in [9.17, 15) is 9.90 Å². The second kappa shape index (κ2) is 7.10. The van der Waals surface area contributed by atoms with Gasteiger partial charge in [-0.2, -0.15) is 0 Å². The Balaban J connectivity index is 4.63.